The Morgan fingerprint density at radius 1 is 1.39 bits per heavy atom. The highest BCUT2D eigenvalue weighted by molar-refractivity contribution is 5.76. The molecule has 0 atom stereocenters. The van der Waals surface area contributed by atoms with Crippen LogP contribution in [0.15, 0.2) is 6.33 Å². The summed E-state index contributed by atoms with van der Waals surface area (Å²) in [6.45, 7) is 0.251. The Balaban J connectivity index is 2.82. The summed E-state index contributed by atoms with van der Waals surface area (Å²) in [7, 11) is 3.05. The average molecular weight is 254 g/mol. The first-order valence-corrected chi connectivity index (χ1v) is 5.21. The van der Waals surface area contributed by atoms with Crippen LogP contribution < -0.4 is 16.0 Å². The first-order valence-electron chi connectivity index (χ1n) is 5.21. The van der Waals surface area contributed by atoms with Crippen LogP contribution in [-0.2, 0) is 4.79 Å². The second-order valence-corrected chi connectivity index (χ2v) is 3.28. The van der Waals surface area contributed by atoms with Gasteiger partial charge in [-0.25, -0.2) is 9.97 Å². The molecule has 0 fully saturated rings. The van der Waals surface area contributed by atoms with E-state index in [2.05, 4.69) is 25.9 Å². The molecule has 18 heavy (non-hydrogen) atoms. The molecule has 1 rings (SSSR count). The Morgan fingerprint density at radius 2 is 2.06 bits per heavy atom. The maximum Gasteiger partial charge on any atom is 0.353 e. The molecule has 0 aliphatic carbocycles. The molecule has 1 aromatic heterocycles. The topological polar surface area (TPSA) is 122 Å². The van der Waals surface area contributed by atoms with Crippen molar-refractivity contribution in [1.82, 2.24) is 15.3 Å². The number of hydrogen-bond acceptors (Lipinski definition) is 7. The van der Waals surface area contributed by atoms with Crippen molar-refractivity contribution in [1.29, 1.82) is 0 Å². The maximum absolute atomic E-state index is 11.0. The monoisotopic (exact) mass is 254 g/mol. The molecule has 0 aromatic carbocycles. The molecule has 1 amide bonds. The van der Waals surface area contributed by atoms with Crippen LogP contribution in [0.2, 0.25) is 0 Å². The summed E-state index contributed by atoms with van der Waals surface area (Å²) in [4.78, 5) is 28.9. The number of amides is 1. The van der Waals surface area contributed by atoms with Crippen LogP contribution in [-0.4, -0.2) is 41.4 Å². The third-order valence-corrected chi connectivity index (χ3v) is 2.16. The van der Waals surface area contributed by atoms with E-state index in [9.17, 15) is 14.9 Å². The Morgan fingerprint density at radius 3 is 2.61 bits per heavy atom. The van der Waals surface area contributed by atoms with Crippen LogP contribution in [0.1, 0.15) is 6.42 Å². The first kappa shape index (κ1) is 13.6. The second kappa shape index (κ2) is 6.33. The van der Waals surface area contributed by atoms with E-state index in [0.29, 0.717) is 0 Å². The summed E-state index contributed by atoms with van der Waals surface area (Å²) in [5.74, 6) is 0.0498. The molecule has 98 valence electrons. The van der Waals surface area contributed by atoms with Gasteiger partial charge < -0.3 is 16.0 Å². The molecule has 0 bridgehead atoms. The quantitative estimate of drug-likeness (QED) is 0.481. The third-order valence-electron chi connectivity index (χ3n) is 2.16. The van der Waals surface area contributed by atoms with Crippen molar-refractivity contribution in [3.05, 3.63) is 16.4 Å². The molecule has 1 heterocycles. The van der Waals surface area contributed by atoms with Gasteiger partial charge >= 0.3 is 5.69 Å². The van der Waals surface area contributed by atoms with Crippen LogP contribution in [0.5, 0.6) is 0 Å². The summed E-state index contributed by atoms with van der Waals surface area (Å²) < 4.78 is 0. The summed E-state index contributed by atoms with van der Waals surface area (Å²) in [6, 6.07) is 0. The molecule has 0 aliphatic heterocycles. The van der Waals surface area contributed by atoms with Gasteiger partial charge in [-0.15, -0.1) is 0 Å². The largest absolute Gasteiger partial charge is 0.367 e. The van der Waals surface area contributed by atoms with Crippen LogP contribution in [0.4, 0.5) is 17.3 Å². The molecule has 9 heteroatoms. The van der Waals surface area contributed by atoms with Crippen molar-refractivity contribution in [3.63, 3.8) is 0 Å². The molecule has 1 aromatic rings. The van der Waals surface area contributed by atoms with E-state index in [1.54, 1.807) is 0 Å². The number of anilines is 2. The fraction of sp³-hybridized carbons (Fsp3) is 0.444. The van der Waals surface area contributed by atoms with Crippen LogP contribution in [0.25, 0.3) is 0 Å². The number of rotatable bonds is 6. The number of nitrogens with zero attached hydrogens (tertiary/aromatic N) is 3. The molecule has 3 N–H and O–H groups in total. The minimum Gasteiger partial charge on any atom is -0.367 e. The minimum absolute atomic E-state index is 0.0863. The van der Waals surface area contributed by atoms with Gasteiger partial charge in [0, 0.05) is 27.1 Å². The molecule has 0 saturated heterocycles. The number of carbonyl (C=O) groups excluding carboxylic acids is 1. The number of nitrogens with one attached hydrogen (secondary N) is 3. The lowest BCUT2D eigenvalue weighted by atomic mass is 10.3. The molecule has 9 nitrogen and oxygen atoms in total. The maximum atomic E-state index is 11.0. The van der Waals surface area contributed by atoms with Gasteiger partial charge in [0.25, 0.3) is 0 Å². The predicted octanol–water partition coefficient (Wildman–Crippen LogP) is -0.0255. The fourth-order valence-electron chi connectivity index (χ4n) is 1.28. The van der Waals surface area contributed by atoms with Gasteiger partial charge in [0.05, 0.1) is 4.92 Å². The Labute approximate surface area is 103 Å². The third kappa shape index (κ3) is 3.27. The van der Waals surface area contributed by atoms with E-state index in [1.165, 1.54) is 20.4 Å². The van der Waals surface area contributed by atoms with E-state index >= 15 is 0 Å². The molecular formula is C9H14N6O3. The van der Waals surface area contributed by atoms with Crippen molar-refractivity contribution < 1.29 is 9.72 Å². The summed E-state index contributed by atoms with van der Waals surface area (Å²) >= 11 is 0. The molecule has 0 unspecified atom stereocenters. The fourth-order valence-corrected chi connectivity index (χ4v) is 1.28. The van der Waals surface area contributed by atoms with Crippen LogP contribution in [0, 0.1) is 10.1 Å². The average Bonchev–Trinajstić information content (AvgIpc) is 2.37. The van der Waals surface area contributed by atoms with E-state index in [1.807, 2.05) is 0 Å². The normalized spacial score (nSPS) is 9.67. The number of hydrogen-bond donors (Lipinski definition) is 3. The highest BCUT2D eigenvalue weighted by Crippen LogP contribution is 2.27. The predicted molar refractivity (Wildman–Crippen MR) is 65.4 cm³/mol. The van der Waals surface area contributed by atoms with Crippen molar-refractivity contribution in [3.8, 4) is 0 Å². The molecule has 0 spiro atoms. The minimum atomic E-state index is -0.575. The molecular weight excluding hydrogens is 240 g/mol. The lowest BCUT2D eigenvalue weighted by Gasteiger charge is -2.07. The summed E-state index contributed by atoms with van der Waals surface area (Å²) in [5, 5.41) is 18.7. The lowest BCUT2D eigenvalue weighted by molar-refractivity contribution is -0.383. The van der Waals surface area contributed by atoms with Crippen molar-refractivity contribution >= 4 is 23.2 Å². The Bertz CT molecular complexity index is 450. The number of nitro groups is 1. The first-order chi connectivity index (χ1) is 8.60. The highest BCUT2D eigenvalue weighted by Gasteiger charge is 2.21. The SMILES string of the molecule is CNC(=O)CCNc1ncnc(NC)c1[N+](=O)[O-]. The van der Waals surface area contributed by atoms with E-state index in [0.717, 1.165) is 0 Å². The zero-order chi connectivity index (χ0) is 13.5. The number of aromatic nitrogens is 2. The molecule has 0 aliphatic rings. The number of carbonyl (C=O) groups is 1. The van der Waals surface area contributed by atoms with Gasteiger partial charge in [-0.2, -0.15) is 0 Å². The zero-order valence-corrected chi connectivity index (χ0v) is 10.1. The second-order valence-electron chi connectivity index (χ2n) is 3.28. The van der Waals surface area contributed by atoms with Gasteiger partial charge in [0.2, 0.25) is 17.5 Å². The summed E-state index contributed by atoms with van der Waals surface area (Å²) in [5.41, 5.74) is -0.239. The smallest absolute Gasteiger partial charge is 0.353 e. The van der Waals surface area contributed by atoms with Crippen molar-refractivity contribution in [2.24, 2.45) is 0 Å². The Kier molecular flexibility index (Phi) is 4.78. The van der Waals surface area contributed by atoms with Crippen LogP contribution in [0.3, 0.4) is 0 Å². The van der Waals surface area contributed by atoms with Crippen molar-refractivity contribution in [2.75, 3.05) is 31.3 Å². The van der Waals surface area contributed by atoms with Gasteiger partial charge in [0.1, 0.15) is 6.33 Å². The van der Waals surface area contributed by atoms with Gasteiger partial charge in [-0.05, 0) is 0 Å². The van der Waals surface area contributed by atoms with Crippen LogP contribution >= 0.6 is 0 Å². The van der Waals surface area contributed by atoms with E-state index < -0.39 is 4.92 Å². The molecule has 0 radical (unpaired) electrons. The molecule has 0 saturated carbocycles. The van der Waals surface area contributed by atoms with Gasteiger partial charge in [-0.3, -0.25) is 14.9 Å². The zero-order valence-electron chi connectivity index (χ0n) is 10.1. The van der Waals surface area contributed by atoms with E-state index in [-0.39, 0.29) is 36.2 Å². The van der Waals surface area contributed by atoms with E-state index in [4.69, 9.17) is 0 Å². The van der Waals surface area contributed by atoms with Gasteiger partial charge in [-0.1, -0.05) is 0 Å². The summed E-state index contributed by atoms with van der Waals surface area (Å²) in [6.07, 6.45) is 1.41. The standard InChI is InChI=1S/C9H14N6O3/c1-10-6(16)3-4-12-9-7(15(17)18)8(11-2)13-5-14-9/h5H,3-4H2,1-2H3,(H,10,16)(H2,11,12,13,14). The van der Waals surface area contributed by atoms with Gasteiger partial charge in [0.15, 0.2) is 0 Å². The Hall–Kier alpha value is -2.45. The lowest BCUT2D eigenvalue weighted by Crippen LogP contribution is -2.21. The van der Waals surface area contributed by atoms with Crippen molar-refractivity contribution in [2.45, 2.75) is 6.42 Å². The highest BCUT2D eigenvalue weighted by atomic mass is 16.6.